The molecule has 3 N–H and O–H groups in total. The number of hydrogen-bond acceptors (Lipinski definition) is 5. The largest absolute Gasteiger partial charge is 0.508 e. The van der Waals surface area contributed by atoms with Crippen LogP contribution in [-0.4, -0.2) is 33.2 Å². The molecule has 0 spiro atoms. The molecule has 0 saturated carbocycles. The number of benzene rings is 2. The minimum Gasteiger partial charge on any atom is -0.508 e. The fraction of sp³-hybridized carbons (Fsp3) is 0.158. The summed E-state index contributed by atoms with van der Waals surface area (Å²) in [6.45, 7) is 2.71. The Labute approximate surface area is 171 Å². The third-order valence-corrected chi connectivity index (χ3v) is 5.03. The van der Waals surface area contributed by atoms with Crippen molar-refractivity contribution in [3.05, 3.63) is 59.1 Å². The van der Waals surface area contributed by atoms with Gasteiger partial charge >= 0.3 is 5.16 Å². The summed E-state index contributed by atoms with van der Waals surface area (Å²) in [5, 5.41) is 22.0. The van der Waals surface area contributed by atoms with E-state index < -0.39 is 0 Å². The van der Waals surface area contributed by atoms with Gasteiger partial charge in [-0.15, -0.1) is 5.10 Å². The van der Waals surface area contributed by atoms with Crippen molar-refractivity contribution in [2.75, 3.05) is 5.75 Å². The molecule has 2 aromatic carbocycles. The van der Waals surface area contributed by atoms with Crippen LogP contribution in [-0.2, 0) is 11.3 Å². The van der Waals surface area contributed by atoms with Gasteiger partial charge in [-0.05, 0) is 60.6 Å². The maximum absolute atomic E-state index is 12.0. The minimum atomic E-state index is -0.250. The van der Waals surface area contributed by atoms with Crippen LogP contribution in [0.15, 0.2) is 58.8 Å². The predicted molar refractivity (Wildman–Crippen MR) is 109 cm³/mol. The van der Waals surface area contributed by atoms with E-state index in [9.17, 15) is 9.90 Å². The molecular weight excluding hydrogens is 398 g/mol. The standard InChI is InChI=1S/C19H18ClN5O2S/c1-2-25-18(14-6-8-15(20)9-7-14)23-24-19(25)28-12-17(27)22-21-11-13-4-3-5-16(26)10-13/h3-11H,2,12H2,1H3,(H2,22,26,27)/p+1/b21-11+. The van der Waals surface area contributed by atoms with Crippen LogP contribution in [0.1, 0.15) is 12.5 Å². The molecule has 1 amide bonds. The van der Waals surface area contributed by atoms with Crippen LogP contribution >= 0.6 is 23.4 Å². The Bertz CT molecular complexity index is 988. The quantitative estimate of drug-likeness (QED) is 0.239. The van der Waals surface area contributed by atoms with Crippen molar-refractivity contribution >= 4 is 35.5 Å². The van der Waals surface area contributed by atoms with Crippen molar-refractivity contribution in [3.63, 3.8) is 0 Å². The molecule has 3 aromatic rings. The van der Waals surface area contributed by atoms with Crippen molar-refractivity contribution in [2.24, 2.45) is 5.10 Å². The van der Waals surface area contributed by atoms with Gasteiger partial charge in [0.05, 0.1) is 29.2 Å². The fourth-order valence-electron chi connectivity index (χ4n) is 2.50. The number of hydrogen-bond donors (Lipinski definition) is 3. The number of aromatic amines is 1. The molecule has 0 radical (unpaired) electrons. The first-order valence-electron chi connectivity index (χ1n) is 8.54. The lowest BCUT2D eigenvalue weighted by Gasteiger charge is -2.01. The van der Waals surface area contributed by atoms with Crippen LogP contribution in [0.2, 0.25) is 5.02 Å². The van der Waals surface area contributed by atoms with E-state index in [0.29, 0.717) is 22.3 Å². The highest BCUT2D eigenvalue weighted by Gasteiger charge is 2.21. The third-order valence-electron chi connectivity index (χ3n) is 3.80. The molecule has 0 bridgehead atoms. The number of carbonyl (C=O) groups is 1. The highest BCUT2D eigenvalue weighted by molar-refractivity contribution is 7.99. The number of hydrazone groups is 1. The van der Waals surface area contributed by atoms with Crippen molar-refractivity contribution in [2.45, 2.75) is 18.6 Å². The van der Waals surface area contributed by atoms with Gasteiger partial charge in [0, 0.05) is 5.02 Å². The number of aromatic nitrogens is 3. The first-order valence-corrected chi connectivity index (χ1v) is 9.91. The Balaban J connectivity index is 1.59. The first kappa shape index (κ1) is 19.9. The Hall–Kier alpha value is -2.84. The van der Waals surface area contributed by atoms with E-state index in [2.05, 4.69) is 20.7 Å². The number of carbonyl (C=O) groups excluding carboxylic acids is 1. The lowest BCUT2D eigenvalue weighted by molar-refractivity contribution is -0.719. The summed E-state index contributed by atoms with van der Waals surface area (Å²) >= 11 is 7.26. The molecule has 1 aromatic heterocycles. The molecular formula is C19H19ClN5O2S+. The average molecular weight is 417 g/mol. The van der Waals surface area contributed by atoms with E-state index in [-0.39, 0.29) is 17.4 Å². The first-order chi connectivity index (χ1) is 13.6. The number of phenols is 1. The van der Waals surface area contributed by atoms with E-state index in [0.717, 1.165) is 11.4 Å². The number of nitrogens with one attached hydrogen (secondary N) is 2. The number of nitrogens with zero attached hydrogens (tertiary/aromatic N) is 3. The molecule has 3 rings (SSSR count). The maximum atomic E-state index is 12.0. The monoisotopic (exact) mass is 416 g/mol. The molecule has 0 aliphatic heterocycles. The predicted octanol–water partition coefficient (Wildman–Crippen LogP) is 2.99. The molecule has 0 unspecified atom stereocenters. The van der Waals surface area contributed by atoms with Gasteiger partial charge in [0.15, 0.2) is 0 Å². The number of thioether (sulfide) groups is 1. The Morgan fingerprint density at radius 3 is 2.86 bits per heavy atom. The summed E-state index contributed by atoms with van der Waals surface area (Å²) in [6, 6.07) is 14.1. The van der Waals surface area contributed by atoms with Gasteiger partial charge in [0.1, 0.15) is 5.75 Å². The second-order valence-corrected chi connectivity index (χ2v) is 7.16. The van der Waals surface area contributed by atoms with E-state index >= 15 is 0 Å². The van der Waals surface area contributed by atoms with Gasteiger partial charge in [0.2, 0.25) is 0 Å². The van der Waals surface area contributed by atoms with E-state index in [1.807, 2.05) is 35.8 Å². The van der Waals surface area contributed by atoms with Gasteiger partial charge in [-0.2, -0.15) is 5.10 Å². The highest BCUT2D eigenvalue weighted by atomic mass is 35.5. The average Bonchev–Trinajstić information content (AvgIpc) is 3.10. The topological polar surface area (TPSA) is 94.2 Å². The molecule has 0 aliphatic rings. The van der Waals surface area contributed by atoms with E-state index in [4.69, 9.17) is 11.6 Å². The highest BCUT2D eigenvalue weighted by Crippen LogP contribution is 2.19. The van der Waals surface area contributed by atoms with Crippen LogP contribution in [0.5, 0.6) is 5.75 Å². The van der Waals surface area contributed by atoms with Gasteiger partial charge in [0.25, 0.3) is 11.7 Å². The number of aromatic hydroxyl groups is 1. The molecule has 0 saturated heterocycles. The SMILES string of the molecule is CC[n+]1c(SCC(=O)N/N=C/c2cccc(O)c2)n[nH]c1-c1ccc(Cl)cc1. The zero-order valence-corrected chi connectivity index (χ0v) is 16.7. The summed E-state index contributed by atoms with van der Waals surface area (Å²) in [5.74, 6) is 0.913. The molecule has 9 heteroatoms. The normalized spacial score (nSPS) is 11.1. The van der Waals surface area contributed by atoms with Gasteiger partial charge in [-0.1, -0.05) is 23.7 Å². The summed E-state index contributed by atoms with van der Waals surface area (Å²) in [7, 11) is 0. The molecule has 0 fully saturated rings. The van der Waals surface area contributed by atoms with Crippen molar-refractivity contribution < 1.29 is 14.5 Å². The minimum absolute atomic E-state index is 0.143. The Morgan fingerprint density at radius 1 is 1.36 bits per heavy atom. The van der Waals surface area contributed by atoms with Crippen molar-refractivity contribution in [1.82, 2.24) is 15.6 Å². The fourth-order valence-corrected chi connectivity index (χ4v) is 3.43. The molecule has 1 heterocycles. The maximum Gasteiger partial charge on any atom is 0.337 e. The van der Waals surface area contributed by atoms with Gasteiger partial charge in [-0.25, -0.2) is 9.99 Å². The Morgan fingerprint density at radius 2 is 2.14 bits per heavy atom. The summed E-state index contributed by atoms with van der Waals surface area (Å²) < 4.78 is 2.00. The second-order valence-electron chi connectivity index (χ2n) is 5.78. The molecule has 0 aliphatic carbocycles. The molecule has 7 nitrogen and oxygen atoms in total. The van der Waals surface area contributed by atoms with Gasteiger partial charge < -0.3 is 5.11 Å². The second kappa shape index (κ2) is 9.38. The lowest BCUT2D eigenvalue weighted by Crippen LogP contribution is -2.36. The van der Waals surface area contributed by atoms with Crippen molar-refractivity contribution in [3.8, 4) is 17.1 Å². The smallest absolute Gasteiger partial charge is 0.337 e. The zero-order valence-electron chi connectivity index (χ0n) is 15.1. The number of halogens is 1. The van der Waals surface area contributed by atoms with E-state index in [1.54, 1.807) is 24.3 Å². The van der Waals surface area contributed by atoms with Crippen molar-refractivity contribution in [1.29, 1.82) is 0 Å². The lowest BCUT2D eigenvalue weighted by atomic mass is 10.2. The molecule has 0 atom stereocenters. The van der Waals surface area contributed by atoms with Crippen LogP contribution in [0.3, 0.4) is 0 Å². The third kappa shape index (κ3) is 5.11. The summed E-state index contributed by atoms with van der Waals surface area (Å²) in [5.41, 5.74) is 4.12. The zero-order chi connectivity index (χ0) is 19.9. The number of rotatable bonds is 7. The number of H-pyrrole nitrogens is 1. The van der Waals surface area contributed by atoms with Crippen LogP contribution in [0.25, 0.3) is 11.4 Å². The van der Waals surface area contributed by atoms with Gasteiger partial charge in [-0.3, -0.25) is 4.79 Å². The Kier molecular flexibility index (Phi) is 6.67. The summed E-state index contributed by atoms with van der Waals surface area (Å²) in [6.07, 6.45) is 1.47. The molecule has 144 valence electrons. The number of phenolic OH excluding ortho intramolecular Hbond substituents is 1. The van der Waals surface area contributed by atoms with E-state index in [1.165, 1.54) is 18.0 Å². The van der Waals surface area contributed by atoms with Crippen LogP contribution < -0.4 is 9.99 Å². The van der Waals surface area contributed by atoms with Crippen LogP contribution in [0.4, 0.5) is 0 Å². The molecule has 28 heavy (non-hydrogen) atoms. The summed E-state index contributed by atoms with van der Waals surface area (Å²) in [4.78, 5) is 12.0. The van der Waals surface area contributed by atoms with Crippen LogP contribution in [0, 0.1) is 0 Å². The number of amides is 1.